The van der Waals surface area contributed by atoms with Gasteiger partial charge in [0.25, 0.3) is 0 Å². The van der Waals surface area contributed by atoms with Gasteiger partial charge in [0, 0.05) is 18.0 Å². The van der Waals surface area contributed by atoms with Crippen LogP contribution in [0.2, 0.25) is 5.02 Å². The van der Waals surface area contributed by atoms with Crippen molar-refractivity contribution >= 4 is 17.3 Å². The number of ether oxygens (including phenoxy) is 1. The molecule has 1 aromatic carbocycles. The normalized spacial score (nSPS) is 18.1. The molecule has 1 aromatic heterocycles. The Labute approximate surface area is 117 Å². The second-order valence-electron chi connectivity index (χ2n) is 4.66. The summed E-state index contributed by atoms with van der Waals surface area (Å²) in [5.74, 6) is 0.727. The predicted octanol–water partition coefficient (Wildman–Crippen LogP) is 3.54. The van der Waals surface area contributed by atoms with E-state index in [9.17, 15) is 0 Å². The van der Waals surface area contributed by atoms with E-state index in [-0.39, 0.29) is 6.10 Å². The number of anilines is 1. The monoisotopic (exact) mass is 274 g/mol. The van der Waals surface area contributed by atoms with Crippen molar-refractivity contribution in [3.63, 3.8) is 0 Å². The summed E-state index contributed by atoms with van der Waals surface area (Å²) < 4.78 is 5.94. The fraction of sp³-hybridized carbons (Fsp3) is 0.267. The van der Waals surface area contributed by atoms with Crippen molar-refractivity contribution < 1.29 is 4.74 Å². The molecule has 98 valence electrons. The lowest BCUT2D eigenvalue weighted by Gasteiger charge is -2.17. The summed E-state index contributed by atoms with van der Waals surface area (Å²) in [5.41, 5.74) is 2.55. The summed E-state index contributed by atoms with van der Waals surface area (Å²) in [4.78, 5) is 4.04. The van der Waals surface area contributed by atoms with Crippen molar-refractivity contribution in [2.75, 3.05) is 11.9 Å². The zero-order valence-corrected chi connectivity index (χ0v) is 11.2. The van der Waals surface area contributed by atoms with Crippen LogP contribution >= 0.6 is 11.6 Å². The smallest absolute Gasteiger partial charge is 0.139 e. The van der Waals surface area contributed by atoms with Crippen LogP contribution in [0, 0.1) is 0 Å². The number of hydrogen-bond donors (Lipinski definition) is 1. The topological polar surface area (TPSA) is 34.1 Å². The number of para-hydroxylation sites is 1. The van der Waals surface area contributed by atoms with Gasteiger partial charge in [-0.15, -0.1) is 0 Å². The summed E-state index contributed by atoms with van der Waals surface area (Å²) in [5, 5.41) is 4.03. The molecule has 0 saturated carbocycles. The molecule has 2 heterocycles. The predicted molar refractivity (Wildman–Crippen MR) is 76.9 cm³/mol. The maximum absolute atomic E-state index is 5.94. The van der Waals surface area contributed by atoms with E-state index < -0.39 is 0 Å². The van der Waals surface area contributed by atoms with E-state index in [1.165, 1.54) is 11.3 Å². The van der Waals surface area contributed by atoms with Crippen LogP contribution in [-0.2, 0) is 6.42 Å². The van der Waals surface area contributed by atoms with Crippen LogP contribution in [-0.4, -0.2) is 17.6 Å². The van der Waals surface area contributed by atoms with E-state index in [0.29, 0.717) is 5.02 Å². The van der Waals surface area contributed by atoms with Gasteiger partial charge in [0.1, 0.15) is 11.9 Å². The lowest BCUT2D eigenvalue weighted by molar-refractivity contribution is 0.205. The third-order valence-corrected chi connectivity index (χ3v) is 3.46. The lowest BCUT2D eigenvalue weighted by atomic mass is 10.1. The Morgan fingerprint density at radius 2 is 2.16 bits per heavy atom. The minimum absolute atomic E-state index is 0.132. The van der Waals surface area contributed by atoms with Crippen LogP contribution in [0.1, 0.15) is 12.0 Å². The quantitative estimate of drug-likeness (QED) is 0.909. The van der Waals surface area contributed by atoms with E-state index in [0.717, 1.165) is 25.1 Å². The molecule has 0 radical (unpaired) electrons. The average Bonchev–Trinajstić information content (AvgIpc) is 2.62. The number of nitrogens with zero attached hydrogens (tertiary/aromatic N) is 1. The Morgan fingerprint density at radius 1 is 1.26 bits per heavy atom. The van der Waals surface area contributed by atoms with E-state index in [2.05, 4.69) is 28.5 Å². The second-order valence-corrected chi connectivity index (χ2v) is 5.09. The van der Waals surface area contributed by atoms with Gasteiger partial charge in [-0.25, -0.2) is 0 Å². The molecule has 4 heteroatoms. The lowest BCUT2D eigenvalue weighted by Crippen LogP contribution is -2.24. The first-order valence-electron chi connectivity index (χ1n) is 6.40. The van der Waals surface area contributed by atoms with Crippen LogP contribution in [0.3, 0.4) is 0 Å². The van der Waals surface area contributed by atoms with Gasteiger partial charge in [-0.05, 0) is 24.5 Å². The number of fused-ring (bicyclic) bond motifs is 1. The van der Waals surface area contributed by atoms with Crippen molar-refractivity contribution in [2.45, 2.75) is 18.9 Å². The van der Waals surface area contributed by atoms with Crippen molar-refractivity contribution in [1.29, 1.82) is 0 Å². The maximum Gasteiger partial charge on any atom is 0.139 e. The van der Waals surface area contributed by atoms with Crippen molar-refractivity contribution in [2.24, 2.45) is 0 Å². The summed E-state index contributed by atoms with van der Waals surface area (Å²) in [6.07, 6.45) is 5.44. The molecule has 1 unspecified atom stereocenters. The molecule has 2 aromatic rings. The largest absolute Gasteiger partial charge is 0.487 e. The highest BCUT2D eigenvalue weighted by Gasteiger charge is 2.16. The summed E-state index contributed by atoms with van der Waals surface area (Å²) >= 11 is 5.91. The van der Waals surface area contributed by atoms with Crippen LogP contribution in [0.5, 0.6) is 5.75 Å². The van der Waals surface area contributed by atoms with E-state index in [1.807, 2.05) is 6.07 Å². The number of hydrogen-bond acceptors (Lipinski definition) is 3. The Kier molecular flexibility index (Phi) is 3.56. The van der Waals surface area contributed by atoms with E-state index in [4.69, 9.17) is 16.3 Å². The van der Waals surface area contributed by atoms with Crippen LogP contribution in [0.15, 0.2) is 42.7 Å². The molecule has 3 nitrogen and oxygen atoms in total. The SMILES string of the molecule is Clc1cncc(OC2CCc3ccccc3NC2)c1. The van der Waals surface area contributed by atoms with Crippen molar-refractivity contribution in [3.05, 3.63) is 53.3 Å². The first kappa shape index (κ1) is 12.3. The Balaban J connectivity index is 1.69. The zero-order chi connectivity index (χ0) is 13.1. The molecule has 1 atom stereocenters. The minimum Gasteiger partial charge on any atom is -0.487 e. The fourth-order valence-electron chi connectivity index (χ4n) is 2.30. The molecule has 0 aliphatic carbocycles. The van der Waals surface area contributed by atoms with Gasteiger partial charge in [0.2, 0.25) is 0 Å². The molecule has 0 bridgehead atoms. The van der Waals surface area contributed by atoms with Crippen molar-refractivity contribution in [1.82, 2.24) is 4.98 Å². The van der Waals surface area contributed by atoms with E-state index >= 15 is 0 Å². The van der Waals surface area contributed by atoms with Gasteiger partial charge >= 0.3 is 0 Å². The number of pyridine rings is 1. The molecular formula is C15H15ClN2O. The molecule has 0 fully saturated rings. The van der Waals surface area contributed by atoms with Gasteiger partial charge in [-0.3, -0.25) is 4.98 Å². The first-order valence-corrected chi connectivity index (χ1v) is 6.78. The Hall–Kier alpha value is -1.74. The van der Waals surface area contributed by atoms with Crippen LogP contribution < -0.4 is 10.1 Å². The molecule has 0 spiro atoms. The first-order chi connectivity index (χ1) is 9.31. The summed E-state index contributed by atoms with van der Waals surface area (Å²) in [6.45, 7) is 0.795. The number of aromatic nitrogens is 1. The van der Waals surface area contributed by atoms with Gasteiger partial charge in [0.15, 0.2) is 0 Å². The van der Waals surface area contributed by atoms with Gasteiger partial charge < -0.3 is 10.1 Å². The fourth-order valence-corrected chi connectivity index (χ4v) is 2.47. The third-order valence-electron chi connectivity index (χ3n) is 3.26. The minimum atomic E-state index is 0.132. The highest BCUT2D eigenvalue weighted by molar-refractivity contribution is 6.30. The number of aryl methyl sites for hydroxylation is 1. The summed E-state index contributed by atoms with van der Waals surface area (Å²) in [6, 6.07) is 10.2. The number of halogens is 1. The highest BCUT2D eigenvalue weighted by Crippen LogP contribution is 2.24. The average molecular weight is 275 g/mol. The molecule has 0 amide bonds. The number of nitrogens with one attached hydrogen (secondary N) is 1. The summed E-state index contributed by atoms with van der Waals surface area (Å²) in [7, 11) is 0. The number of rotatable bonds is 2. The van der Waals surface area contributed by atoms with E-state index in [1.54, 1.807) is 18.5 Å². The molecule has 1 N–H and O–H groups in total. The van der Waals surface area contributed by atoms with Crippen LogP contribution in [0.4, 0.5) is 5.69 Å². The van der Waals surface area contributed by atoms with Crippen LogP contribution in [0.25, 0.3) is 0 Å². The van der Waals surface area contributed by atoms with Gasteiger partial charge in [-0.2, -0.15) is 0 Å². The molecule has 1 aliphatic rings. The molecular weight excluding hydrogens is 260 g/mol. The number of benzene rings is 1. The molecule has 3 rings (SSSR count). The maximum atomic E-state index is 5.94. The Bertz CT molecular complexity index is 547. The molecule has 0 saturated heterocycles. The Morgan fingerprint density at radius 3 is 3.05 bits per heavy atom. The third kappa shape index (κ3) is 2.99. The molecule has 1 aliphatic heterocycles. The van der Waals surface area contributed by atoms with Crippen molar-refractivity contribution in [3.8, 4) is 5.75 Å². The van der Waals surface area contributed by atoms with Gasteiger partial charge in [0.05, 0.1) is 17.8 Å². The second kappa shape index (κ2) is 5.49. The standard InChI is InChI=1S/C15H15ClN2O/c16-12-7-14(9-17-8-12)19-13-6-5-11-3-1-2-4-15(11)18-10-13/h1-4,7-9,13,18H,5-6,10H2. The zero-order valence-electron chi connectivity index (χ0n) is 10.5. The molecule has 19 heavy (non-hydrogen) atoms. The highest BCUT2D eigenvalue weighted by atomic mass is 35.5. The van der Waals surface area contributed by atoms with Gasteiger partial charge in [-0.1, -0.05) is 29.8 Å².